The van der Waals surface area contributed by atoms with E-state index in [1.165, 1.54) is 57.8 Å². The first-order valence-corrected chi connectivity index (χ1v) is 11.0. The second-order valence-corrected chi connectivity index (χ2v) is 7.82. The van der Waals surface area contributed by atoms with Gasteiger partial charge < -0.3 is 14.4 Å². The van der Waals surface area contributed by atoms with Crippen LogP contribution in [-0.2, 0) is 19.1 Å². The van der Waals surface area contributed by atoms with Gasteiger partial charge in [-0.25, -0.2) is 9.59 Å². The standard InChI is InChI=1S/C16H30O2.C8H15NO2/c1-4-5-6-7-8-9-10-11-12-13-14-18-16(17)15(2)3;1-7(2)8(10)11-6-5-9(3)4/h2,4-14H2,1,3H3;1,5-6H2,2-4H3. The molecule has 0 radical (unpaired) electrons. The van der Waals surface area contributed by atoms with Crippen LogP contribution in [-0.4, -0.2) is 50.7 Å². The summed E-state index contributed by atoms with van der Waals surface area (Å²) in [6, 6.07) is 0. The minimum Gasteiger partial charge on any atom is -0.462 e. The van der Waals surface area contributed by atoms with E-state index in [2.05, 4.69) is 20.1 Å². The average Bonchev–Trinajstić information content (AvgIpc) is 2.65. The van der Waals surface area contributed by atoms with E-state index < -0.39 is 0 Å². The molecule has 29 heavy (non-hydrogen) atoms. The van der Waals surface area contributed by atoms with Gasteiger partial charge in [0.15, 0.2) is 0 Å². The smallest absolute Gasteiger partial charge is 0.333 e. The van der Waals surface area contributed by atoms with Gasteiger partial charge in [-0.15, -0.1) is 0 Å². The lowest BCUT2D eigenvalue weighted by Crippen LogP contribution is -2.20. The summed E-state index contributed by atoms with van der Waals surface area (Å²) in [5.41, 5.74) is 0.936. The van der Waals surface area contributed by atoms with Crippen LogP contribution >= 0.6 is 0 Å². The van der Waals surface area contributed by atoms with Crippen molar-refractivity contribution in [2.75, 3.05) is 33.9 Å². The second-order valence-electron chi connectivity index (χ2n) is 7.82. The van der Waals surface area contributed by atoms with Gasteiger partial charge in [0.05, 0.1) is 6.61 Å². The van der Waals surface area contributed by atoms with Crippen LogP contribution in [0.25, 0.3) is 0 Å². The minimum absolute atomic E-state index is 0.258. The summed E-state index contributed by atoms with van der Waals surface area (Å²) in [6.45, 7) is 14.3. The number of esters is 2. The fraction of sp³-hybridized carbons (Fsp3) is 0.750. The molecule has 5 nitrogen and oxygen atoms in total. The molecule has 5 heteroatoms. The maximum Gasteiger partial charge on any atom is 0.333 e. The maximum absolute atomic E-state index is 11.1. The van der Waals surface area contributed by atoms with Gasteiger partial charge in [-0.05, 0) is 34.4 Å². The monoisotopic (exact) mass is 411 g/mol. The Labute approximate surface area is 179 Å². The third-order valence-corrected chi connectivity index (χ3v) is 4.20. The van der Waals surface area contributed by atoms with Gasteiger partial charge in [0.25, 0.3) is 0 Å². The van der Waals surface area contributed by atoms with Crippen LogP contribution in [0.1, 0.15) is 85.0 Å². The number of carbonyl (C=O) groups is 2. The van der Waals surface area contributed by atoms with Crippen molar-refractivity contribution >= 4 is 11.9 Å². The Morgan fingerprint density at radius 1 is 0.690 bits per heavy atom. The van der Waals surface area contributed by atoms with Crippen molar-refractivity contribution < 1.29 is 19.1 Å². The quantitative estimate of drug-likeness (QED) is 0.185. The molecule has 0 aliphatic rings. The maximum atomic E-state index is 11.1. The molecular weight excluding hydrogens is 366 g/mol. The lowest BCUT2D eigenvalue weighted by Gasteiger charge is -2.09. The molecule has 0 bridgehead atoms. The Hall–Kier alpha value is -1.62. The Morgan fingerprint density at radius 2 is 1.07 bits per heavy atom. The van der Waals surface area contributed by atoms with Crippen molar-refractivity contribution in [3.63, 3.8) is 0 Å². The van der Waals surface area contributed by atoms with E-state index in [1.807, 2.05) is 19.0 Å². The molecule has 0 rings (SSSR count). The predicted molar refractivity (Wildman–Crippen MR) is 122 cm³/mol. The third kappa shape index (κ3) is 24.3. The molecule has 0 aromatic heterocycles. The fourth-order valence-corrected chi connectivity index (χ4v) is 2.32. The van der Waals surface area contributed by atoms with Crippen LogP contribution in [0, 0.1) is 0 Å². The molecule has 0 amide bonds. The molecule has 0 heterocycles. The summed E-state index contributed by atoms with van der Waals surface area (Å²) in [5.74, 6) is -0.572. The first-order chi connectivity index (χ1) is 13.7. The summed E-state index contributed by atoms with van der Waals surface area (Å²) in [6.07, 6.45) is 13.0. The summed E-state index contributed by atoms with van der Waals surface area (Å²) in [7, 11) is 3.85. The van der Waals surface area contributed by atoms with Crippen molar-refractivity contribution in [3.05, 3.63) is 24.3 Å². The molecule has 0 spiro atoms. The fourth-order valence-electron chi connectivity index (χ4n) is 2.32. The summed E-state index contributed by atoms with van der Waals surface area (Å²) >= 11 is 0. The first kappa shape index (κ1) is 29.6. The van der Waals surface area contributed by atoms with Gasteiger partial charge in [0, 0.05) is 17.7 Å². The van der Waals surface area contributed by atoms with Gasteiger partial charge in [-0.3, -0.25) is 0 Å². The van der Waals surface area contributed by atoms with Crippen LogP contribution in [0.4, 0.5) is 0 Å². The lowest BCUT2D eigenvalue weighted by molar-refractivity contribution is -0.140. The summed E-state index contributed by atoms with van der Waals surface area (Å²) < 4.78 is 9.87. The highest BCUT2D eigenvalue weighted by molar-refractivity contribution is 5.87. The van der Waals surface area contributed by atoms with Crippen LogP contribution < -0.4 is 0 Å². The second kappa shape index (κ2) is 21.1. The molecule has 0 unspecified atom stereocenters. The van der Waals surface area contributed by atoms with Crippen molar-refractivity contribution in [3.8, 4) is 0 Å². The van der Waals surface area contributed by atoms with Crippen molar-refractivity contribution in [1.82, 2.24) is 4.90 Å². The Bertz CT molecular complexity index is 458. The van der Waals surface area contributed by atoms with Crippen molar-refractivity contribution in [2.24, 2.45) is 0 Å². The zero-order valence-electron chi connectivity index (χ0n) is 19.7. The van der Waals surface area contributed by atoms with E-state index in [1.54, 1.807) is 13.8 Å². The summed E-state index contributed by atoms with van der Waals surface area (Å²) in [5, 5.41) is 0. The molecule has 170 valence electrons. The highest BCUT2D eigenvalue weighted by Gasteiger charge is 2.02. The molecule has 0 aromatic rings. The number of ether oxygens (including phenoxy) is 2. The zero-order chi connectivity index (χ0) is 22.5. The number of hydrogen-bond acceptors (Lipinski definition) is 5. The largest absolute Gasteiger partial charge is 0.462 e. The predicted octanol–water partition coefficient (Wildman–Crippen LogP) is 5.69. The van der Waals surface area contributed by atoms with E-state index in [4.69, 9.17) is 9.47 Å². The van der Waals surface area contributed by atoms with E-state index in [0.717, 1.165) is 13.0 Å². The average molecular weight is 412 g/mol. The van der Waals surface area contributed by atoms with Gasteiger partial charge >= 0.3 is 11.9 Å². The number of nitrogens with zero attached hydrogens (tertiary/aromatic N) is 1. The number of carbonyl (C=O) groups excluding carboxylic acids is 2. The van der Waals surface area contributed by atoms with E-state index in [-0.39, 0.29) is 11.9 Å². The highest BCUT2D eigenvalue weighted by Crippen LogP contribution is 2.10. The van der Waals surface area contributed by atoms with Gasteiger partial charge in [-0.2, -0.15) is 0 Å². The van der Waals surface area contributed by atoms with Gasteiger partial charge in [0.1, 0.15) is 6.61 Å². The van der Waals surface area contributed by atoms with Crippen molar-refractivity contribution in [2.45, 2.75) is 85.0 Å². The number of rotatable bonds is 16. The minimum atomic E-state index is -0.313. The van der Waals surface area contributed by atoms with Crippen LogP contribution in [0.5, 0.6) is 0 Å². The third-order valence-electron chi connectivity index (χ3n) is 4.20. The Morgan fingerprint density at radius 3 is 1.45 bits per heavy atom. The number of hydrogen-bond donors (Lipinski definition) is 0. The number of unbranched alkanes of at least 4 members (excludes halogenated alkanes) is 9. The molecular formula is C24H45NO4. The normalized spacial score (nSPS) is 10.1. The molecule has 0 atom stereocenters. The van der Waals surface area contributed by atoms with Crippen LogP contribution in [0.3, 0.4) is 0 Å². The molecule has 0 N–H and O–H groups in total. The van der Waals surface area contributed by atoms with Crippen LogP contribution in [0.2, 0.25) is 0 Å². The zero-order valence-corrected chi connectivity index (χ0v) is 19.7. The van der Waals surface area contributed by atoms with Crippen molar-refractivity contribution in [1.29, 1.82) is 0 Å². The molecule has 0 fully saturated rings. The molecule has 0 saturated heterocycles. The Kier molecular flexibility index (Phi) is 21.5. The molecule has 0 aliphatic carbocycles. The highest BCUT2D eigenvalue weighted by atomic mass is 16.5. The van der Waals surface area contributed by atoms with E-state index in [0.29, 0.717) is 24.4 Å². The SMILES string of the molecule is C=C(C)C(=O)OCCCCCCCCCCCC.C=C(C)C(=O)OCCN(C)C. The molecule has 0 aromatic carbocycles. The molecule has 0 aliphatic heterocycles. The van der Waals surface area contributed by atoms with Gasteiger partial charge in [0.2, 0.25) is 0 Å². The van der Waals surface area contributed by atoms with E-state index >= 15 is 0 Å². The first-order valence-electron chi connectivity index (χ1n) is 11.0. The molecule has 0 saturated carbocycles. The topological polar surface area (TPSA) is 55.8 Å². The summed E-state index contributed by atoms with van der Waals surface area (Å²) in [4.78, 5) is 23.8. The van der Waals surface area contributed by atoms with E-state index in [9.17, 15) is 9.59 Å². The number of likely N-dealkylation sites (N-methyl/N-ethyl adjacent to an activating group) is 1. The Balaban J connectivity index is 0. The van der Waals surface area contributed by atoms with Gasteiger partial charge in [-0.1, -0.05) is 77.9 Å². The van der Waals surface area contributed by atoms with Crippen LogP contribution in [0.15, 0.2) is 24.3 Å². The lowest BCUT2D eigenvalue weighted by atomic mass is 10.1.